The van der Waals surface area contributed by atoms with Crippen LogP contribution in [0.3, 0.4) is 0 Å². The fourth-order valence-electron chi connectivity index (χ4n) is 4.39. The van der Waals surface area contributed by atoms with Gasteiger partial charge in [-0.05, 0) is 35.4 Å². The van der Waals surface area contributed by atoms with Crippen molar-refractivity contribution < 1.29 is 35.9 Å². The predicted molar refractivity (Wildman–Crippen MR) is 116 cm³/mol. The molecule has 0 saturated heterocycles. The Morgan fingerprint density at radius 1 is 1.11 bits per heavy atom. The van der Waals surface area contributed by atoms with E-state index in [9.17, 15) is 31.1 Å². The summed E-state index contributed by atoms with van der Waals surface area (Å²) in [6.07, 6.45) is -6.75. The van der Waals surface area contributed by atoms with E-state index in [1.54, 1.807) is 0 Å². The maximum Gasteiger partial charge on any atom is 0.417 e. The van der Waals surface area contributed by atoms with E-state index in [0.29, 0.717) is 11.1 Å². The smallest absolute Gasteiger partial charge is 0.382 e. The van der Waals surface area contributed by atoms with Gasteiger partial charge in [0.15, 0.2) is 0 Å². The molecule has 2 aromatic carbocycles. The van der Waals surface area contributed by atoms with Crippen LogP contribution in [-0.4, -0.2) is 38.8 Å². The molecule has 0 radical (unpaired) electrons. The number of aromatic nitrogens is 3. The summed E-state index contributed by atoms with van der Waals surface area (Å²) in [5.41, 5.74) is 4.09. The van der Waals surface area contributed by atoms with Gasteiger partial charge in [-0.1, -0.05) is 6.07 Å². The van der Waals surface area contributed by atoms with Gasteiger partial charge in [-0.15, -0.1) is 0 Å². The average Bonchev–Trinajstić information content (AvgIpc) is 3.32. The summed E-state index contributed by atoms with van der Waals surface area (Å²) in [5, 5.41) is 0. The summed E-state index contributed by atoms with van der Waals surface area (Å²) in [4.78, 5) is 22.5. The van der Waals surface area contributed by atoms with E-state index in [0.717, 1.165) is 29.2 Å². The van der Waals surface area contributed by atoms with E-state index in [1.807, 2.05) is 0 Å². The Bertz CT molecular complexity index is 1510. The summed E-state index contributed by atoms with van der Waals surface area (Å²) in [6.45, 7) is -0.216. The van der Waals surface area contributed by atoms with Gasteiger partial charge in [0.05, 0.1) is 59.5 Å². The van der Waals surface area contributed by atoms with Crippen LogP contribution in [0, 0.1) is 0 Å². The van der Waals surface area contributed by atoms with Crippen molar-refractivity contribution in [2.45, 2.75) is 25.0 Å². The SMILES string of the molecule is CN(C(=O)c1cc2c(cc1C(F)(F)F)nc(N)c1cncn12)[C@@H]1COCc2cc(C(F)(F)F)ccc21. The maximum atomic E-state index is 14.0. The van der Waals surface area contributed by atoms with Crippen molar-refractivity contribution in [3.8, 4) is 0 Å². The van der Waals surface area contributed by atoms with Crippen LogP contribution in [-0.2, 0) is 23.7 Å². The third-order valence-corrected chi connectivity index (χ3v) is 6.20. The molecule has 0 bridgehead atoms. The van der Waals surface area contributed by atoms with Gasteiger partial charge in [0.25, 0.3) is 5.91 Å². The zero-order chi connectivity index (χ0) is 26.0. The minimum Gasteiger partial charge on any atom is -0.382 e. The number of nitrogens with zero attached hydrogens (tertiary/aromatic N) is 4. The fraction of sp³-hybridized carbons (Fsp3) is 0.261. The molecule has 2 N–H and O–H groups in total. The average molecular weight is 509 g/mol. The number of anilines is 1. The first kappa shape index (κ1) is 23.9. The molecule has 1 aliphatic rings. The van der Waals surface area contributed by atoms with Crippen molar-refractivity contribution >= 4 is 28.3 Å². The van der Waals surface area contributed by atoms with E-state index in [4.69, 9.17) is 10.5 Å². The number of rotatable bonds is 2. The molecule has 36 heavy (non-hydrogen) atoms. The molecule has 7 nitrogen and oxygen atoms in total. The molecule has 2 aromatic heterocycles. The van der Waals surface area contributed by atoms with Crippen LogP contribution in [0.2, 0.25) is 0 Å². The first-order valence-electron chi connectivity index (χ1n) is 10.5. The van der Waals surface area contributed by atoms with Gasteiger partial charge in [-0.3, -0.25) is 9.20 Å². The van der Waals surface area contributed by atoms with Gasteiger partial charge < -0.3 is 15.4 Å². The summed E-state index contributed by atoms with van der Waals surface area (Å²) >= 11 is 0. The van der Waals surface area contributed by atoms with Crippen molar-refractivity contribution in [1.82, 2.24) is 19.3 Å². The molecular weight excluding hydrogens is 492 g/mol. The second kappa shape index (κ2) is 8.08. The second-order valence-electron chi connectivity index (χ2n) is 8.39. The van der Waals surface area contributed by atoms with Crippen LogP contribution in [0.5, 0.6) is 0 Å². The molecule has 13 heteroatoms. The molecule has 1 atom stereocenters. The number of benzene rings is 2. The number of nitrogens with two attached hydrogens (primary N) is 1. The Morgan fingerprint density at radius 3 is 2.56 bits per heavy atom. The standard InChI is InChI=1S/C23H17F6N5O2/c1-33(19-9-36-8-11-4-12(22(24,25)26)2-3-13(11)19)21(35)14-5-17-16(6-15(14)23(27,28)29)32-20(30)18-7-31-10-34(17)18/h2-7,10,19H,8-9H2,1H3,(H2,30,32)/t19-/m1/s1. The van der Waals surface area contributed by atoms with E-state index in [2.05, 4.69) is 9.97 Å². The van der Waals surface area contributed by atoms with Crippen LogP contribution in [0.25, 0.3) is 16.6 Å². The Labute approximate surface area is 199 Å². The summed E-state index contributed by atoms with van der Waals surface area (Å²) < 4.78 is 88.2. The highest BCUT2D eigenvalue weighted by Crippen LogP contribution is 2.38. The van der Waals surface area contributed by atoms with Crippen LogP contribution >= 0.6 is 0 Å². The number of hydrogen-bond donors (Lipinski definition) is 1. The van der Waals surface area contributed by atoms with E-state index in [1.165, 1.54) is 30.0 Å². The molecular formula is C23H17F6N5O2. The van der Waals surface area contributed by atoms with Crippen molar-refractivity contribution in [3.63, 3.8) is 0 Å². The van der Waals surface area contributed by atoms with E-state index in [-0.39, 0.29) is 35.6 Å². The minimum atomic E-state index is -4.90. The number of alkyl halides is 6. The quantitative estimate of drug-likeness (QED) is 0.391. The van der Waals surface area contributed by atoms with Gasteiger partial charge in [0.2, 0.25) is 0 Å². The van der Waals surface area contributed by atoms with Gasteiger partial charge >= 0.3 is 12.4 Å². The normalized spacial score (nSPS) is 16.4. The van der Waals surface area contributed by atoms with Crippen LogP contribution in [0.15, 0.2) is 42.9 Å². The Kier molecular flexibility index (Phi) is 5.36. The summed E-state index contributed by atoms with van der Waals surface area (Å²) in [5.74, 6) is -1.02. The molecule has 0 spiro atoms. The first-order chi connectivity index (χ1) is 16.9. The first-order valence-corrected chi connectivity index (χ1v) is 10.5. The lowest BCUT2D eigenvalue weighted by molar-refractivity contribution is -0.138. The fourth-order valence-corrected chi connectivity index (χ4v) is 4.39. The van der Waals surface area contributed by atoms with Crippen LogP contribution < -0.4 is 5.73 Å². The van der Waals surface area contributed by atoms with Crippen LogP contribution in [0.4, 0.5) is 32.2 Å². The maximum absolute atomic E-state index is 14.0. The van der Waals surface area contributed by atoms with E-state index < -0.39 is 41.0 Å². The largest absolute Gasteiger partial charge is 0.417 e. The molecule has 3 heterocycles. The zero-order valence-corrected chi connectivity index (χ0v) is 18.5. The number of carbonyl (C=O) groups excluding carboxylic acids is 1. The van der Waals surface area contributed by atoms with Gasteiger partial charge in [-0.2, -0.15) is 26.3 Å². The summed E-state index contributed by atoms with van der Waals surface area (Å²) in [7, 11) is 1.28. The minimum absolute atomic E-state index is 0.0292. The lowest BCUT2D eigenvalue weighted by Gasteiger charge is -2.34. The Hall–Kier alpha value is -3.87. The third-order valence-electron chi connectivity index (χ3n) is 6.20. The molecule has 1 amide bonds. The van der Waals surface area contributed by atoms with Crippen molar-refractivity contribution in [1.29, 1.82) is 0 Å². The van der Waals surface area contributed by atoms with Crippen LogP contribution in [0.1, 0.15) is 38.7 Å². The molecule has 5 rings (SSSR count). The second-order valence-corrected chi connectivity index (χ2v) is 8.39. The Balaban J connectivity index is 1.61. The highest BCUT2D eigenvalue weighted by molar-refractivity contribution is 6.00. The highest BCUT2D eigenvalue weighted by atomic mass is 19.4. The number of amides is 1. The number of halogens is 6. The number of carbonyl (C=O) groups is 1. The monoisotopic (exact) mass is 509 g/mol. The lowest BCUT2D eigenvalue weighted by Crippen LogP contribution is -2.37. The molecule has 0 aliphatic carbocycles. The lowest BCUT2D eigenvalue weighted by atomic mass is 9.94. The number of imidazole rings is 1. The number of likely N-dealkylation sites (N-methyl/N-ethyl adjacent to an activating group) is 1. The molecule has 4 aromatic rings. The topological polar surface area (TPSA) is 85.8 Å². The molecule has 1 aliphatic heterocycles. The third kappa shape index (κ3) is 3.88. The molecule has 0 saturated carbocycles. The Morgan fingerprint density at radius 2 is 1.86 bits per heavy atom. The van der Waals surface area contributed by atoms with Crippen molar-refractivity contribution in [2.24, 2.45) is 0 Å². The van der Waals surface area contributed by atoms with Crippen molar-refractivity contribution in [2.75, 3.05) is 19.4 Å². The number of nitrogen functional groups attached to an aromatic ring is 1. The molecule has 0 unspecified atom stereocenters. The van der Waals surface area contributed by atoms with Gasteiger partial charge in [0.1, 0.15) is 11.3 Å². The molecule has 0 fully saturated rings. The zero-order valence-electron chi connectivity index (χ0n) is 18.5. The van der Waals surface area contributed by atoms with Crippen molar-refractivity contribution in [3.05, 3.63) is 70.7 Å². The number of fused-ring (bicyclic) bond motifs is 4. The summed E-state index contributed by atoms with van der Waals surface area (Å²) in [6, 6.07) is 3.92. The number of ether oxygens (including phenoxy) is 1. The van der Waals surface area contributed by atoms with E-state index >= 15 is 0 Å². The highest BCUT2D eigenvalue weighted by Gasteiger charge is 2.39. The molecule has 188 valence electrons. The van der Waals surface area contributed by atoms with Gasteiger partial charge in [0, 0.05) is 7.05 Å². The predicted octanol–water partition coefficient (Wildman–Crippen LogP) is 4.85. The van der Waals surface area contributed by atoms with Gasteiger partial charge in [-0.25, -0.2) is 9.97 Å². The number of hydrogen-bond acceptors (Lipinski definition) is 5.